The molecule has 1 N–H and O–H groups in total. The van der Waals surface area contributed by atoms with Gasteiger partial charge in [0.05, 0.1) is 11.6 Å². The van der Waals surface area contributed by atoms with Crippen LogP contribution in [-0.4, -0.2) is 35.9 Å². The van der Waals surface area contributed by atoms with Crippen molar-refractivity contribution in [3.05, 3.63) is 59.2 Å². The lowest BCUT2D eigenvalue weighted by molar-refractivity contribution is -0.138. The smallest absolute Gasteiger partial charge is 0.261 e. The van der Waals surface area contributed by atoms with Gasteiger partial charge in [-0.3, -0.25) is 9.59 Å². The van der Waals surface area contributed by atoms with E-state index in [4.69, 9.17) is 10.00 Å². The summed E-state index contributed by atoms with van der Waals surface area (Å²) < 4.78 is 5.55. The lowest BCUT2D eigenvalue weighted by atomic mass is 10.1. The summed E-state index contributed by atoms with van der Waals surface area (Å²) in [4.78, 5) is 26.8. The Morgan fingerprint density at radius 2 is 1.93 bits per heavy atom. The molecule has 0 saturated carbocycles. The molecule has 0 aliphatic rings. The van der Waals surface area contributed by atoms with Gasteiger partial charge in [0.2, 0.25) is 5.91 Å². The Balaban J connectivity index is 2.04. The zero-order valence-corrected chi connectivity index (χ0v) is 17.4. The molecule has 29 heavy (non-hydrogen) atoms. The third kappa shape index (κ3) is 6.08. The predicted octanol–water partition coefficient (Wildman–Crippen LogP) is 3.82. The van der Waals surface area contributed by atoms with E-state index in [1.165, 1.54) is 4.90 Å². The van der Waals surface area contributed by atoms with Gasteiger partial charge in [-0.15, -0.1) is 0 Å². The Bertz CT molecular complexity index is 918. The maximum absolute atomic E-state index is 12.7. The molecule has 152 valence electrons. The fraction of sp³-hybridized carbons (Fsp3) is 0.348. The molecule has 0 radical (unpaired) electrons. The van der Waals surface area contributed by atoms with E-state index in [2.05, 4.69) is 5.32 Å². The molecule has 6 nitrogen and oxygen atoms in total. The first-order valence-electron chi connectivity index (χ1n) is 9.64. The summed E-state index contributed by atoms with van der Waals surface area (Å²) >= 11 is 0. The van der Waals surface area contributed by atoms with Gasteiger partial charge in [0.25, 0.3) is 5.91 Å². The van der Waals surface area contributed by atoms with Crippen molar-refractivity contribution in [2.24, 2.45) is 0 Å². The lowest BCUT2D eigenvalue weighted by Crippen LogP contribution is -2.45. The average Bonchev–Trinajstić information content (AvgIpc) is 2.73. The number of rotatable bonds is 8. The van der Waals surface area contributed by atoms with E-state index in [1.54, 1.807) is 24.3 Å². The largest absolute Gasteiger partial charge is 0.484 e. The van der Waals surface area contributed by atoms with E-state index in [9.17, 15) is 9.59 Å². The molecule has 2 aromatic rings. The molecule has 1 atom stereocenters. The summed E-state index contributed by atoms with van der Waals surface area (Å²) in [6.45, 7) is 7.55. The first-order chi connectivity index (χ1) is 13.8. The van der Waals surface area contributed by atoms with E-state index in [0.29, 0.717) is 17.7 Å². The van der Waals surface area contributed by atoms with Crippen LogP contribution in [-0.2, 0) is 9.59 Å². The van der Waals surface area contributed by atoms with Gasteiger partial charge in [0.1, 0.15) is 12.3 Å². The van der Waals surface area contributed by atoms with Crippen molar-refractivity contribution in [3.63, 3.8) is 0 Å². The highest BCUT2D eigenvalue weighted by Crippen LogP contribution is 2.18. The summed E-state index contributed by atoms with van der Waals surface area (Å²) in [6.07, 6.45) is 0.715. The van der Waals surface area contributed by atoms with Crippen LogP contribution in [0.25, 0.3) is 0 Å². The van der Waals surface area contributed by atoms with Crippen LogP contribution in [0.15, 0.2) is 42.5 Å². The minimum atomic E-state index is -0.280. The highest BCUT2D eigenvalue weighted by Gasteiger charge is 2.22. The second-order valence-corrected chi connectivity index (χ2v) is 7.00. The molecule has 0 bridgehead atoms. The molecule has 6 heteroatoms. The SMILES string of the molecule is CC[C@H](C)N(CC(=O)Nc1cccc(C)c1C)C(=O)COc1cccc(C#N)c1. The van der Waals surface area contributed by atoms with Crippen LogP contribution in [0.3, 0.4) is 0 Å². The summed E-state index contributed by atoms with van der Waals surface area (Å²) in [5.41, 5.74) is 3.30. The lowest BCUT2D eigenvalue weighted by Gasteiger charge is -2.28. The maximum atomic E-state index is 12.7. The van der Waals surface area contributed by atoms with Gasteiger partial charge in [-0.05, 0) is 62.6 Å². The molecular formula is C23H27N3O3. The molecule has 0 unspecified atom stereocenters. The summed E-state index contributed by atoms with van der Waals surface area (Å²) in [6, 6.07) is 14.3. The van der Waals surface area contributed by atoms with Gasteiger partial charge in [0.15, 0.2) is 6.61 Å². The number of ether oxygens (including phenoxy) is 1. The van der Waals surface area contributed by atoms with Crippen molar-refractivity contribution in [2.45, 2.75) is 40.2 Å². The van der Waals surface area contributed by atoms with Crippen LogP contribution in [0.5, 0.6) is 5.75 Å². The van der Waals surface area contributed by atoms with Crippen LogP contribution < -0.4 is 10.1 Å². The van der Waals surface area contributed by atoms with Crippen molar-refractivity contribution in [1.29, 1.82) is 5.26 Å². The summed E-state index contributed by atoms with van der Waals surface area (Å²) in [5, 5.41) is 11.9. The fourth-order valence-corrected chi connectivity index (χ4v) is 2.82. The molecule has 2 aromatic carbocycles. The molecule has 2 amide bonds. The van der Waals surface area contributed by atoms with E-state index in [1.807, 2.05) is 52.0 Å². The number of nitrogens with one attached hydrogen (secondary N) is 1. The Hall–Kier alpha value is -3.33. The first kappa shape index (κ1) is 22.0. The highest BCUT2D eigenvalue weighted by atomic mass is 16.5. The van der Waals surface area contributed by atoms with Gasteiger partial charge in [-0.1, -0.05) is 25.1 Å². The quantitative estimate of drug-likeness (QED) is 0.739. The Morgan fingerprint density at radius 3 is 2.62 bits per heavy atom. The van der Waals surface area contributed by atoms with Gasteiger partial charge < -0.3 is 15.0 Å². The number of carbonyl (C=O) groups is 2. The Labute approximate surface area is 172 Å². The Morgan fingerprint density at radius 1 is 1.21 bits per heavy atom. The number of carbonyl (C=O) groups excluding carboxylic acids is 2. The standard InChI is InChI=1S/C23H27N3O3/c1-5-17(3)26(14-22(27)25-21-11-6-8-16(2)18(21)4)23(28)15-29-20-10-7-9-19(12-20)13-24/h6-12,17H,5,14-15H2,1-4H3,(H,25,27)/t17-/m0/s1. The zero-order valence-electron chi connectivity index (χ0n) is 17.4. The van der Waals surface area contributed by atoms with Crippen LogP contribution >= 0.6 is 0 Å². The monoisotopic (exact) mass is 393 g/mol. The number of benzene rings is 2. The van der Waals surface area contributed by atoms with Crippen LogP contribution in [0.4, 0.5) is 5.69 Å². The van der Waals surface area contributed by atoms with E-state index in [0.717, 1.165) is 16.8 Å². The van der Waals surface area contributed by atoms with Crippen LogP contribution in [0.2, 0.25) is 0 Å². The third-order valence-corrected chi connectivity index (χ3v) is 4.96. The second kappa shape index (κ2) is 10.3. The molecular weight excluding hydrogens is 366 g/mol. The minimum Gasteiger partial charge on any atom is -0.484 e. The normalized spacial score (nSPS) is 11.3. The molecule has 0 aromatic heterocycles. The van der Waals surface area contributed by atoms with Gasteiger partial charge >= 0.3 is 0 Å². The van der Waals surface area contributed by atoms with E-state index < -0.39 is 0 Å². The summed E-state index contributed by atoms with van der Waals surface area (Å²) in [5.74, 6) is -0.0852. The molecule has 2 rings (SSSR count). The number of hydrogen-bond donors (Lipinski definition) is 1. The van der Waals surface area contributed by atoms with Crippen molar-refractivity contribution in [2.75, 3.05) is 18.5 Å². The van der Waals surface area contributed by atoms with Gasteiger partial charge in [-0.2, -0.15) is 5.26 Å². The number of anilines is 1. The number of aryl methyl sites for hydroxylation is 1. The minimum absolute atomic E-state index is 0.0528. The molecule has 0 saturated heterocycles. The molecule has 0 aliphatic carbocycles. The first-order valence-corrected chi connectivity index (χ1v) is 9.64. The van der Waals surface area contributed by atoms with Crippen LogP contribution in [0.1, 0.15) is 37.0 Å². The molecule has 0 aliphatic heterocycles. The molecule has 0 spiro atoms. The zero-order chi connectivity index (χ0) is 21.4. The number of nitrogens with zero attached hydrogens (tertiary/aromatic N) is 2. The van der Waals surface area contributed by atoms with E-state index >= 15 is 0 Å². The number of amides is 2. The van der Waals surface area contributed by atoms with Gasteiger partial charge in [-0.25, -0.2) is 0 Å². The third-order valence-electron chi connectivity index (χ3n) is 4.96. The Kier molecular flexibility index (Phi) is 7.79. The fourth-order valence-electron chi connectivity index (χ4n) is 2.82. The second-order valence-electron chi connectivity index (χ2n) is 7.00. The maximum Gasteiger partial charge on any atom is 0.261 e. The highest BCUT2D eigenvalue weighted by molar-refractivity contribution is 5.95. The van der Waals surface area contributed by atoms with Crippen LogP contribution in [0, 0.1) is 25.2 Å². The average molecular weight is 393 g/mol. The number of nitriles is 1. The molecule has 0 heterocycles. The van der Waals surface area contributed by atoms with Crippen molar-refractivity contribution in [1.82, 2.24) is 4.90 Å². The van der Waals surface area contributed by atoms with Gasteiger partial charge in [0, 0.05) is 11.7 Å². The number of hydrogen-bond acceptors (Lipinski definition) is 4. The van der Waals surface area contributed by atoms with E-state index in [-0.39, 0.29) is 31.0 Å². The predicted molar refractivity (Wildman–Crippen MR) is 113 cm³/mol. The summed E-state index contributed by atoms with van der Waals surface area (Å²) in [7, 11) is 0. The van der Waals surface area contributed by atoms with Crippen molar-refractivity contribution < 1.29 is 14.3 Å². The molecule has 0 fully saturated rings. The van der Waals surface area contributed by atoms with Crippen molar-refractivity contribution >= 4 is 17.5 Å². The topological polar surface area (TPSA) is 82.4 Å². The van der Waals surface area contributed by atoms with Crippen molar-refractivity contribution in [3.8, 4) is 11.8 Å².